The molecule has 1 unspecified atom stereocenters. The maximum absolute atomic E-state index is 4.68. The van der Waals surface area contributed by atoms with Crippen LogP contribution in [0.1, 0.15) is 38.8 Å². The normalized spacial score (nSPS) is 18.6. The lowest BCUT2D eigenvalue weighted by Crippen LogP contribution is -2.18. The monoisotopic (exact) mass is 322 g/mol. The van der Waals surface area contributed by atoms with Crippen LogP contribution in [0.3, 0.4) is 0 Å². The third kappa shape index (κ3) is 4.75. The molecule has 0 saturated carbocycles. The van der Waals surface area contributed by atoms with Crippen molar-refractivity contribution < 1.29 is 0 Å². The molecule has 0 spiro atoms. The molecule has 1 aliphatic heterocycles. The first-order chi connectivity index (χ1) is 11.5. The fourth-order valence-corrected chi connectivity index (χ4v) is 2.51. The van der Waals surface area contributed by atoms with Gasteiger partial charge in [-0.2, -0.15) is 0 Å². The van der Waals surface area contributed by atoms with Crippen LogP contribution in [0.4, 0.5) is 5.69 Å². The van der Waals surface area contributed by atoms with E-state index in [1.807, 2.05) is 19.9 Å². The van der Waals surface area contributed by atoms with E-state index in [4.69, 9.17) is 0 Å². The molecular formula is C20H26N4. The van der Waals surface area contributed by atoms with Gasteiger partial charge in [-0.25, -0.2) is 9.98 Å². The highest BCUT2D eigenvalue weighted by Gasteiger charge is 2.11. The molecule has 2 rings (SSSR count). The van der Waals surface area contributed by atoms with Crippen molar-refractivity contribution in [3.63, 3.8) is 0 Å². The first-order valence-electron chi connectivity index (χ1n) is 8.45. The number of anilines is 1. The molecule has 0 fully saturated rings. The van der Waals surface area contributed by atoms with Crippen LogP contribution in [0, 0.1) is 0 Å². The van der Waals surface area contributed by atoms with Crippen LogP contribution in [0.15, 0.2) is 57.6 Å². The Morgan fingerprint density at radius 2 is 1.88 bits per heavy atom. The lowest BCUT2D eigenvalue weighted by molar-refractivity contribution is 0.848. The fourth-order valence-electron chi connectivity index (χ4n) is 2.51. The van der Waals surface area contributed by atoms with Crippen LogP contribution < -0.4 is 5.32 Å². The van der Waals surface area contributed by atoms with E-state index in [9.17, 15) is 0 Å². The van der Waals surface area contributed by atoms with Crippen LogP contribution in [0.5, 0.6) is 0 Å². The molecule has 0 amide bonds. The maximum atomic E-state index is 4.68. The summed E-state index contributed by atoms with van der Waals surface area (Å²) in [6.45, 7) is 12.0. The van der Waals surface area contributed by atoms with Gasteiger partial charge in [0.1, 0.15) is 11.9 Å². The number of nitrogens with one attached hydrogen (secondary N) is 1. The SMILES string of the molecule is C=C/C=C1/N=CC(C)=NC1=NC(C)Nc1cc(CC)cc(CC)c1. The number of benzene rings is 1. The number of nitrogens with zero attached hydrogens (tertiary/aromatic N) is 3. The Balaban J connectivity index is 2.23. The molecular weight excluding hydrogens is 296 g/mol. The predicted molar refractivity (Wildman–Crippen MR) is 106 cm³/mol. The van der Waals surface area contributed by atoms with E-state index in [2.05, 4.69) is 58.9 Å². The van der Waals surface area contributed by atoms with Gasteiger partial charge in [-0.1, -0.05) is 32.6 Å². The summed E-state index contributed by atoms with van der Waals surface area (Å²) in [7, 11) is 0. The summed E-state index contributed by atoms with van der Waals surface area (Å²) in [6, 6.07) is 6.63. The van der Waals surface area contributed by atoms with Gasteiger partial charge < -0.3 is 5.32 Å². The number of hydrogen-bond acceptors (Lipinski definition) is 3. The molecule has 1 aromatic carbocycles. The average molecular weight is 322 g/mol. The smallest absolute Gasteiger partial charge is 0.175 e. The van der Waals surface area contributed by atoms with Gasteiger partial charge in [0, 0.05) is 11.9 Å². The highest BCUT2D eigenvalue weighted by atomic mass is 15.1. The molecule has 4 heteroatoms. The van der Waals surface area contributed by atoms with Gasteiger partial charge in [-0.3, -0.25) is 4.99 Å². The van der Waals surface area contributed by atoms with Crippen molar-refractivity contribution in [1.82, 2.24) is 0 Å². The molecule has 1 aromatic rings. The summed E-state index contributed by atoms with van der Waals surface area (Å²) in [5.41, 5.74) is 5.35. The van der Waals surface area contributed by atoms with E-state index in [0.717, 1.165) is 29.9 Å². The van der Waals surface area contributed by atoms with Gasteiger partial charge in [0.2, 0.25) is 0 Å². The quantitative estimate of drug-likeness (QED) is 0.818. The predicted octanol–water partition coefficient (Wildman–Crippen LogP) is 4.58. The second kappa shape index (κ2) is 8.39. The molecule has 0 radical (unpaired) electrons. The Kier molecular flexibility index (Phi) is 6.24. The third-order valence-corrected chi connectivity index (χ3v) is 3.74. The van der Waals surface area contributed by atoms with Crippen LogP contribution in [-0.2, 0) is 12.8 Å². The molecule has 1 heterocycles. The fraction of sp³-hybridized carbons (Fsp3) is 0.350. The molecule has 126 valence electrons. The molecule has 4 nitrogen and oxygen atoms in total. The highest BCUT2D eigenvalue weighted by molar-refractivity contribution is 6.35. The Morgan fingerprint density at radius 1 is 1.21 bits per heavy atom. The van der Waals surface area contributed by atoms with Gasteiger partial charge in [-0.15, -0.1) is 0 Å². The average Bonchev–Trinajstić information content (AvgIpc) is 2.56. The summed E-state index contributed by atoms with van der Waals surface area (Å²) in [5.74, 6) is 0.636. The van der Waals surface area contributed by atoms with Gasteiger partial charge in [0.15, 0.2) is 5.84 Å². The molecule has 0 aliphatic carbocycles. The lowest BCUT2D eigenvalue weighted by atomic mass is 10.1. The van der Waals surface area contributed by atoms with Crippen molar-refractivity contribution in [2.45, 2.75) is 46.7 Å². The zero-order valence-electron chi connectivity index (χ0n) is 15.0. The molecule has 0 aromatic heterocycles. The summed E-state index contributed by atoms with van der Waals surface area (Å²) >= 11 is 0. The van der Waals surface area contributed by atoms with Gasteiger partial charge in [-0.05, 0) is 56.0 Å². The van der Waals surface area contributed by atoms with Crippen molar-refractivity contribution >= 4 is 23.4 Å². The van der Waals surface area contributed by atoms with E-state index < -0.39 is 0 Å². The van der Waals surface area contributed by atoms with Crippen LogP contribution >= 0.6 is 0 Å². The zero-order valence-corrected chi connectivity index (χ0v) is 15.0. The highest BCUT2D eigenvalue weighted by Crippen LogP contribution is 2.18. The topological polar surface area (TPSA) is 49.1 Å². The van der Waals surface area contributed by atoms with Gasteiger partial charge >= 0.3 is 0 Å². The van der Waals surface area contributed by atoms with Crippen molar-refractivity contribution in [1.29, 1.82) is 0 Å². The number of rotatable bonds is 6. The Bertz CT molecular complexity index is 701. The Labute approximate surface area is 144 Å². The summed E-state index contributed by atoms with van der Waals surface area (Å²) < 4.78 is 0. The van der Waals surface area contributed by atoms with E-state index in [-0.39, 0.29) is 6.17 Å². The molecule has 0 bridgehead atoms. The van der Waals surface area contributed by atoms with E-state index >= 15 is 0 Å². The van der Waals surface area contributed by atoms with Crippen LogP contribution in [0.25, 0.3) is 0 Å². The first-order valence-corrected chi connectivity index (χ1v) is 8.45. The number of aliphatic imine (C=N–C) groups is 3. The van der Waals surface area contributed by atoms with Crippen molar-refractivity contribution in [2.75, 3.05) is 5.32 Å². The maximum Gasteiger partial charge on any atom is 0.175 e. The second-order valence-electron chi connectivity index (χ2n) is 5.82. The summed E-state index contributed by atoms with van der Waals surface area (Å²) in [6.07, 6.45) is 7.21. The summed E-state index contributed by atoms with van der Waals surface area (Å²) in [5, 5.41) is 3.45. The molecule has 1 N–H and O–H groups in total. The molecule has 1 aliphatic rings. The van der Waals surface area contributed by atoms with E-state index in [1.165, 1.54) is 11.1 Å². The van der Waals surface area contributed by atoms with E-state index in [0.29, 0.717) is 5.84 Å². The van der Waals surface area contributed by atoms with Crippen molar-refractivity contribution in [3.8, 4) is 0 Å². The zero-order chi connectivity index (χ0) is 17.5. The third-order valence-electron chi connectivity index (χ3n) is 3.74. The number of allylic oxidation sites excluding steroid dienone is 2. The number of aryl methyl sites for hydroxylation is 2. The molecule has 1 atom stereocenters. The minimum Gasteiger partial charge on any atom is -0.364 e. The molecule has 24 heavy (non-hydrogen) atoms. The number of amidine groups is 1. The Hall–Kier alpha value is -2.49. The minimum absolute atomic E-state index is 0.102. The lowest BCUT2D eigenvalue weighted by Gasteiger charge is -2.16. The van der Waals surface area contributed by atoms with Gasteiger partial charge in [0.05, 0.1) is 5.71 Å². The first kappa shape index (κ1) is 17.9. The van der Waals surface area contributed by atoms with Gasteiger partial charge in [0.25, 0.3) is 0 Å². The standard InChI is InChI=1S/C20H26N4/c1-6-9-19-20(22-14(4)13-21-19)24-15(5)23-18-11-16(7-2)10-17(8-3)12-18/h6,9-13,15,23H,1,7-8H2,2-5H3/b19-9+,24-20?. The molecule has 0 saturated heterocycles. The summed E-state index contributed by atoms with van der Waals surface area (Å²) in [4.78, 5) is 13.5. The number of hydrogen-bond donors (Lipinski definition) is 1. The van der Waals surface area contributed by atoms with Crippen LogP contribution in [0.2, 0.25) is 0 Å². The Morgan fingerprint density at radius 3 is 2.46 bits per heavy atom. The van der Waals surface area contributed by atoms with Crippen molar-refractivity contribution in [2.24, 2.45) is 15.0 Å². The van der Waals surface area contributed by atoms with Crippen LogP contribution in [-0.4, -0.2) is 23.9 Å². The largest absolute Gasteiger partial charge is 0.364 e. The minimum atomic E-state index is -0.102. The van der Waals surface area contributed by atoms with E-state index in [1.54, 1.807) is 12.3 Å². The van der Waals surface area contributed by atoms with Crippen molar-refractivity contribution in [3.05, 3.63) is 53.8 Å². The second-order valence-corrected chi connectivity index (χ2v) is 5.82.